The number of hydrogen-bond donors (Lipinski definition) is 2. The first-order valence-electron chi connectivity index (χ1n) is 16.8. The summed E-state index contributed by atoms with van der Waals surface area (Å²) in [5.41, 5.74) is 6.06. The Morgan fingerprint density at radius 3 is 1.34 bits per heavy atom. The molecular weight excluding hydrogens is 544 g/mol. The molecule has 3 aromatic rings. The molecule has 2 N–H and O–H groups in total. The van der Waals surface area contributed by atoms with E-state index in [1.165, 1.54) is 25.7 Å². The number of nitrogens with zero attached hydrogens (tertiary/aromatic N) is 2. The van der Waals surface area contributed by atoms with Gasteiger partial charge in [0.25, 0.3) is 0 Å². The zero-order valence-corrected chi connectivity index (χ0v) is 26.7. The van der Waals surface area contributed by atoms with Gasteiger partial charge in [-0.15, -0.1) is 0 Å². The maximum Gasteiger partial charge on any atom is 0.322 e. The highest BCUT2D eigenvalue weighted by Crippen LogP contribution is 2.28. The first-order valence-corrected chi connectivity index (χ1v) is 16.8. The summed E-state index contributed by atoms with van der Waals surface area (Å²) < 4.78 is 0. The number of carbonyl (C=O) groups excluding carboxylic acids is 2. The third kappa shape index (κ3) is 8.64. The van der Waals surface area contributed by atoms with Gasteiger partial charge in [-0.1, -0.05) is 112 Å². The Balaban J connectivity index is 1.36. The van der Waals surface area contributed by atoms with E-state index in [9.17, 15) is 9.59 Å². The minimum absolute atomic E-state index is 0.0331. The van der Waals surface area contributed by atoms with Gasteiger partial charge in [0, 0.05) is 36.5 Å². The highest BCUT2D eigenvalue weighted by molar-refractivity contribution is 5.91. The summed E-state index contributed by atoms with van der Waals surface area (Å²) >= 11 is 0. The van der Waals surface area contributed by atoms with Crippen molar-refractivity contribution in [1.29, 1.82) is 0 Å². The van der Waals surface area contributed by atoms with E-state index in [0.29, 0.717) is 13.1 Å². The van der Waals surface area contributed by atoms with Gasteiger partial charge in [0.15, 0.2) is 0 Å². The summed E-state index contributed by atoms with van der Waals surface area (Å²) in [5, 5.41) is 6.42. The van der Waals surface area contributed by atoms with Crippen molar-refractivity contribution in [2.75, 3.05) is 10.6 Å². The lowest BCUT2D eigenvalue weighted by Crippen LogP contribution is -2.43. The average Bonchev–Trinajstić information content (AvgIpc) is 3.47. The Morgan fingerprint density at radius 1 is 0.568 bits per heavy atom. The lowest BCUT2D eigenvalue weighted by atomic mass is 10.0. The molecule has 5 rings (SSSR count). The third-order valence-corrected chi connectivity index (χ3v) is 9.52. The predicted octanol–water partition coefficient (Wildman–Crippen LogP) is 9.82. The number of para-hydroxylation sites is 2. The number of carbonyl (C=O) groups is 2. The van der Waals surface area contributed by atoms with Crippen molar-refractivity contribution in [3.8, 4) is 0 Å². The molecule has 0 spiro atoms. The van der Waals surface area contributed by atoms with E-state index >= 15 is 0 Å². The van der Waals surface area contributed by atoms with Crippen LogP contribution >= 0.6 is 0 Å². The summed E-state index contributed by atoms with van der Waals surface area (Å²) in [6.07, 6.45) is 13.7. The molecule has 2 aliphatic rings. The second kappa shape index (κ2) is 15.8. The van der Waals surface area contributed by atoms with Gasteiger partial charge in [0.1, 0.15) is 0 Å². The molecule has 0 aromatic heterocycles. The van der Waals surface area contributed by atoms with Crippen LogP contribution in [0.5, 0.6) is 0 Å². The number of benzene rings is 3. The highest BCUT2D eigenvalue weighted by Gasteiger charge is 2.27. The van der Waals surface area contributed by atoms with Crippen LogP contribution < -0.4 is 10.6 Å². The van der Waals surface area contributed by atoms with Gasteiger partial charge in [0.2, 0.25) is 0 Å². The number of nitrogens with one attached hydrogen (secondary N) is 2. The maximum atomic E-state index is 13.8. The van der Waals surface area contributed by atoms with Crippen molar-refractivity contribution in [3.63, 3.8) is 0 Å². The lowest BCUT2D eigenvalue weighted by Gasteiger charge is -2.33. The van der Waals surface area contributed by atoms with E-state index < -0.39 is 0 Å². The van der Waals surface area contributed by atoms with Crippen molar-refractivity contribution in [1.82, 2.24) is 9.80 Å². The van der Waals surface area contributed by atoms with E-state index in [1.54, 1.807) is 0 Å². The SMILES string of the molecule is Cc1ccccc1NC(=O)N(Cc1cccc(CN(C(=O)Nc2ccccc2C)C2CCCCCC2)c1)C1CCCCCC1. The molecule has 44 heavy (non-hydrogen) atoms. The molecule has 0 radical (unpaired) electrons. The molecule has 6 nitrogen and oxygen atoms in total. The number of rotatable bonds is 8. The molecule has 0 aliphatic heterocycles. The summed E-state index contributed by atoms with van der Waals surface area (Å²) in [6.45, 7) is 5.17. The van der Waals surface area contributed by atoms with Crippen molar-refractivity contribution in [3.05, 3.63) is 95.1 Å². The summed E-state index contributed by atoms with van der Waals surface area (Å²) in [6, 6.07) is 24.8. The fraction of sp³-hybridized carbons (Fsp3) is 0.474. The molecule has 0 unspecified atom stereocenters. The number of anilines is 2. The van der Waals surface area contributed by atoms with Gasteiger partial charge in [0.05, 0.1) is 0 Å². The molecule has 3 aromatic carbocycles. The molecular formula is C38H50N4O2. The normalized spacial score (nSPS) is 16.4. The summed E-state index contributed by atoms with van der Waals surface area (Å²) in [4.78, 5) is 31.8. The van der Waals surface area contributed by atoms with Crippen molar-refractivity contribution >= 4 is 23.4 Å². The Morgan fingerprint density at radius 2 is 0.955 bits per heavy atom. The number of urea groups is 2. The minimum Gasteiger partial charge on any atom is -0.317 e. The zero-order chi connectivity index (χ0) is 30.7. The summed E-state index contributed by atoms with van der Waals surface area (Å²) in [7, 11) is 0. The average molecular weight is 595 g/mol. The molecule has 0 heterocycles. The molecule has 234 valence electrons. The van der Waals surface area contributed by atoms with Crippen molar-refractivity contribution in [2.24, 2.45) is 0 Å². The van der Waals surface area contributed by atoms with Gasteiger partial charge in [-0.2, -0.15) is 0 Å². The molecule has 6 heteroatoms. The van der Waals surface area contributed by atoms with Crippen LogP contribution in [0.2, 0.25) is 0 Å². The Hall–Kier alpha value is -3.80. The summed E-state index contributed by atoms with van der Waals surface area (Å²) in [5.74, 6) is 0. The molecule has 0 bridgehead atoms. The third-order valence-electron chi connectivity index (χ3n) is 9.52. The maximum absolute atomic E-state index is 13.8. The Kier molecular flexibility index (Phi) is 11.3. The predicted molar refractivity (Wildman–Crippen MR) is 181 cm³/mol. The van der Waals surface area contributed by atoms with E-state index in [2.05, 4.69) is 44.7 Å². The van der Waals surface area contributed by atoms with Crippen LogP contribution in [0.15, 0.2) is 72.8 Å². The molecule has 0 atom stereocenters. The van der Waals surface area contributed by atoms with E-state index in [0.717, 1.165) is 85.0 Å². The smallest absolute Gasteiger partial charge is 0.317 e. The van der Waals surface area contributed by atoms with Crippen LogP contribution in [0.3, 0.4) is 0 Å². The van der Waals surface area contributed by atoms with Crippen molar-refractivity contribution in [2.45, 2.75) is 116 Å². The van der Waals surface area contributed by atoms with Gasteiger partial charge in [-0.05, 0) is 73.9 Å². The molecule has 2 saturated carbocycles. The zero-order valence-electron chi connectivity index (χ0n) is 26.7. The second-order valence-corrected chi connectivity index (χ2v) is 12.9. The van der Waals surface area contributed by atoms with Gasteiger partial charge < -0.3 is 20.4 Å². The lowest BCUT2D eigenvalue weighted by molar-refractivity contribution is 0.174. The molecule has 2 aliphatic carbocycles. The van der Waals surface area contributed by atoms with Crippen LogP contribution in [-0.2, 0) is 13.1 Å². The molecule has 0 saturated heterocycles. The second-order valence-electron chi connectivity index (χ2n) is 12.9. The number of hydrogen-bond acceptors (Lipinski definition) is 2. The fourth-order valence-corrected chi connectivity index (χ4v) is 6.89. The standard InChI is InChI=1S/C38H50N4O2/c1-29-16-11-13-24-35(29)39-37(43)41(33-20-7-3-4-8-21-33)27-31-18-15-19-32(26-31)28-42(34-22-9-5-6-10-23-34)38(44)40-36-25-14-12-17-30(36)2/h11-19,24-26,33-34H,3-10,20-23,27-28H2,1-2H3,(H,39,43)(H,40,44). The van der Waals surface area contributed by atoms with Crippen LogP contribution in [0.4, 0.5) is 21.0 Å². The quantitative estimate of drug-likeness (QED) is 0.255. The minimum atomic E-state index is -0.0331. The van der Waals surface area contributed by atoms with Crippen LogP contribution in [0.25, 0.3) is 0 Å². The molecule has 4 amide bonds. The fourth-order valence-electron chi connectivity index (χ4n) is 6.89. The monoisotopic (exact) mass is 594 g/mol. The van der Waals surface area contributed by atoms with Gasteiger partial charge in [-0.25, -0.2) is 9.59 Å². The molecule has 2 fully saturated rings. The Labute approximate surface area is 264 Å². The van der Waals surface area contributed by atoms with Gasteiger partial charge >= 0.3 is 12.1 Å². The van der Waals surface area contributed by atoms with Crippen LogP contribution in [-0.4, -0.2) is 33.9 Å². The van der Waals surface area contributed by atoms with Crippen LogP contribution in [0, 0.1) is 13.8 Å². The van der Waals surface area contributed by atoms with E-state index in [4.69, 9.17) is 0 Å². The topological polar surface area (TPSA) is 64.7 Å². The van der Waals surface area contributed by atoms with E-state index in [-0.39, 0.29) is 24.1 Å². The van der Waals surface area contributed by atoms with Crippen molar-refractivity contribution < 1.29 is 9.59 Å². The number of aryl methyl sites for hydroxylation is 2. The number of amides is 4. The van der Waals surface area contributed by atoms with Crippen LogP contribution in [0.1, 0.15) is 99.3 Å². The Bertz CT molecular complexity index is 1270. The largest absolute Gasteiger partial charge is 0.322 e. The van der Waals surface area contributed by atoms with E-state index in [1.807, 2.05) is 62.4 Å². The highest BCUT2D eigenvalue weighted by atomic mass is 16.2. The van der Waals surface area contributed by atoms with Gasteiger partial charge in [-0.3, -0.25) is 0 Å². The first kappa shape index (κ1) is 31.6. The first-order chi connectivity index (χ1) is 21.5.